The molecule has 3 aliphatic rings. The summed E-state index contributed by atoms with van der Waals surface area (Å²) in [5.74, 6) is 0.816. The number of rotatable bonds is 4. The van der Waals surface area contributed by atoms with Gasteiger partial charge >= 0.3 is 17.1 Å². The average Bonchev–Trinajstić information content (AvgIpc) is 3.21. The van der Waals surface area contributed by atoms with E-state index >= 15 is 0 Å². The smallest absolute Gasteiger partial charge is 0.334 e. The van der Waals surface area contributed by atoms with Crippen molar-refractivity contribution < 1.29 is 17.7 Å². The maximum absolute atomic E-state index is 7.21. The predicted octanol–water partition coefficient (Wildman–Crippen LogP) is 4.98. The van der Waals surface area contributed by atoms with Crippen LogP contribution < -0.4 is 0 Å². The third kappa shape index (κ3) is 3.01. The second kappa shape index (κ2) is 6.71. The molecule has 1 aliphatic carbocycles. The van der Waals surface area contributed by atoms with E-state index in [2.05, 4.69) is 62.3 Å². The largest absolute Gasteiger partial charge is 0.414 e. The molecule has 3 fully saturated rings. The molecule has 2 unspecified atom stereocenters. The summed E-state index contributed by atoms with van der Waals surface area (Å²) >= 11 is 0. The van der Waals surface area contributed by atoms with Gasteiger partial charge in [0.2, 0.25) is 0 Å². The minimum absolute atomic E-state index is 0.228. The van der Waals surface area contributed by atoms with E-state index in [-0.39, 0.29) is 6.10 Å². The lowest BCUT2D eigenvalue weighted by atomic mass is 10.0. The second-order valence-corrected chi connectivity index (χ2v) is 18.5. The van der Waals surface area contributed by atoms with Gasteiger partial charge in [-0.15, -0.1) is 0 Å². The molecule has 3 rings (SSSR count). The van der Waals surface area contributed by atoms with Gasteiger partial charge in [-0.05, 0) is 22.2 Å². The predicted molar refractivity (Wildman–Crippen MR) is 105 cm³/mol. The highest BCUT2D eigenvalue weighted by Crippen LogP contribution is 2.54. The molecule has 2 aliphatic heterocycles. The first-order valence-electron chi connectivity index (χ1n) is 10.2. The van der Waals surface area contributed by atoms with Gasteiger partial charge in [-0.2, -0.15) is 0 Å². The molecule has 0 N–H and O–H groups in total. The fourth-order valence-corrected chi connectivity index (χ4v) is 16.5. The Hall–Kier alpha value is 0.274. The van der Waals surface area contributed by atoms with Crippen molar-refractivity contribution in [1.29, 1.82) is 0 Å². The van der Waals surface area contributed by atoms with Crippen LogP contribution in [0.3, 0.4) is 0 Å². The van der Waals surface area contributed by atoms with Crippen molar-refractivity contribution >= 4 is 17.1 Å². The topological polar surface area (TPSA) is 40.2 Å². The number of epoxide rings is 1. The molecule has 0 aromatic heterocycles. The summed E-state index contributed by atoms with van der Waals surface area (Å²) in [5.41, 5.74) is 1.63. The maximum atomic E-state index is 7.21. The van der Waals surface area contributed by atoms with Crippen molar-refractivity contribution in [2.45, 2.75) is 103 Å². The molecule has 2 saturated heterocycles. The van der Waals surface area contributed by atoms with E-state index in [0.29, 0.717) is 46.2 Å². The average molecular weight is 387 g/mol. The van der Waals surface area contributed by atoms with Crippen LogP contribution in [0.4, 0.5) is 0 Å². The van der Waals surface area contributed by atoms with Gasteiger partial charge in [0, 0.05) is 18.4 Å². The molecule has 6 heteroatoms. The zero-order chi connectivity index (χ0) is 18.7. The zero-order valence-electron chi connectivity index (χ0n) is 17.5. The molecule has 0 aromatic carbocycles. The van der Waals surface area contributed by atoms with E-state index in [9.17, 15) is 0 Å². The van der Waals surface area contributed by atoms with Crippen molar-refractivity contribution in [1.82, 2.24) is 0 Å². The van der Waals surface area contributed by atoms with Crippen LogP contribution in [-0.4, -0.2) is 42.0 Å². The quantitative estimate of drug-likeness (QED) is 0.505. The molecule has 0 radical (unpaired) electrons. The molecule has 1 saturated carbocycles. The lowest BCUT2D eigenvalue weighted by Gasteiger charge is -2.52. The Morgan fingerprint density at radius 2 is 1.24 bits per heavy atom. The fourth-order valence-electron chi connectivity index (χ4n) is 5.20. The summed E-state index contributed by atoms with van der Waals surface area (Å²) in [5, 5.41) is 0. The van der Waals surface area contributed by atoms with Crippen LogP contribution in [0.5, 0.6) is 0 Å². The summed E-state index contributed by atoms with van der Waals surface area (Å²) in [6, 6.07) is 0. The first-order valence-corrected chi connectivity index (χ1v) is 14.2. The lowest BCUT2D eigenvalue weighted by Crippen LogP contribution is -2.65. The van der Waals surface area contributed by atoms with Gasteiger partial charge in [0.15, 0.2) is 0 Å². The van der Waals surface area contributed by atoms with E-state index in [1.54, 1.807) is 0 Å². The van der Waals surface area contributed by atoms with Gasteiger partial charge in [-0.25, -0.2) is 0 Å². The van der Waals surface area contributed by atoms with Crippen molar-refractivity contribution in [3.63, 3.8) is 0 Å². The van der Waals surface area contributed by atoms with E-state index in [4.69, 9.17) is 17.7 Å². The Labute approximate surface area is 156 Å². The van der Waals surface area contributed by atoms with Gasteiger partial charge in [0.1, 0.15) is 0 Å². The SMILES string of the molecule is CC1C2O[Si](C(C)C)(C(C)C)O[Si](C(C)C)(C(C)C)OC[C@H]2[C@H]2O[C@@H]12. The minimum Gasteiger partial charge on any atom is -0.414 e. The molecule has 4 nitrogen and oxygen atoms in total. The molecule has 2 heterocycles. The lowest BCUT2D eigenvalue weighted by molar-refractivity contribution is -0.0168. The Morgan fingerprint density at radius 3 is 1.72 bits per heavy atom. The Morgan fingerprint density at radius 1 is 0.720 bits per heavy atom. The van der Waals surface area contributed by atoms with Crippen molar-refractivity contribution in [3.8, 4) is 0 Å². The molecular formula is C19H38O4Si2. The summed E-state index contributed by atoms with van der Waals surface area (Å²) < 4.78 is 27.0. The van der Waals surface area contributed by atoms with Gasteiger partial charge in [0.25, 0.3) is 0 Å². The monoisotopic (exact) mass is 386 g/mol. The highest BCUT2D eigenvalue weighted by Gasteiger charge is 2.66. The fraction of sp³-hybridized carbons (Fsp3) is 1.00. The number of hydrogen-bond acceptors (Lipinski definition) is 4. The number of fused-ring (bicyclic) bond motifs is 3. The Kier molecular flexibility index (Phi) is 5.37. The second-order valence-electron chi connectivity index (χ2n) is 9.65. The van der Waals surface area contributed by atoms with Crippen LogP contribution in [0.2, 0.25) is 22.2 Å². The molecule has 25 heavy (non-hydrogen) atoms. The van der Waals surface area contributed by atoms with Crippen molar-refractivity contribution in [2.75, 3.05) is 6.61 Å². The van der Waals surface area contributed by atoms with Gasteiger partial charge in [0.05, 0.1) is 18.3 Å². The molecule has 0 spiro atoms. The van der Waals surface area contributed by atoms with Gasteiger partial charge < -0.3 is 17.7 Å². The van der Waals surface area contributed by atoms with Crippen LogP contribution >= 0.6 is 0 Å². The maximum Gasteiger partial charge on any atom is 0.334 e. The zero-order valence-corrected chi connectivity index (χ0v) is 19.5. The number of hydrogen-bond donors (Lipinski definition) is 0. The highest BCUT2D eigenvalue weighted by atomic mass is 28.5. The summed E-state index contributed by atoms with van der Waals surface area (Å²) in [6.45, 7) is 21.3. The third-order valence-electron chi connectivity index (χ3n) is 6.80. The molecule has 0 aromatic rings. The van der Waals surface area contributed by atoms with E-state index in [1.807, 2.05) is 0 Å². The third-order valence-corrected chi connectivity index (χ3v) is 17.1. The standard InChI is InChI=1S/C19H38O4Si2/c1-11(2)24(12(3)4)20-10-16-17(15(9)18-19(16)21-18)22-25(23-24,13(5)6)14(7)8/h11-19H,10H2,1-9H3/t15?,16-,17?,18+,19-/m1/s1. The highest BCUT2D eigenvalue weighted by molar-refractivity contribution is 6.83. The van der Waals surface area contributed by atoms with Crippen molar-refractivity contribution in [2.24, 2.45) is 11.8 Å². The summed E-state index contributed by atoms with van der Waals surface area (Å²) in [7, 11) is -4.83. The Balaban J connectivity index is 2.04. The van der Waals surface area contributed by atoms with Crippen LogP contribution in [0, 0.1) is 11.8 Å². The van der Waals surface area contributed by atoms with E-state index in [0.717, 1.165) is 6.61 Å². The van der Waals surface area contributed by atoms with Crippen molar-refractivity contribution in [3.05, 3.63) is 0 Å². The van der Waals surface area contributed by atoms with E-state index < -0.39 is 17.1 Å². The summed E-state index contributed by atoms with van der Waals surface area (Å²) in [4.78, 5) is 0. The summed E-state index contributed by atoms with van der Waals surface area (Å²) in [6.07, 6.45) is 0.943. The van der Waals surface area contributed by atoms with E-state index in [1.165, 1.54) is 0 Å². The Bertz CT molecular complexity index is 478. The number of ether oxygens (including phenoxy) is 1. The van der Waals surface area contributed by atoms with Crippen LogP contribution in [0.15, 0.2) is 0 Å². The molecule has 146 valence electrons. The molecule has 5 atom stereocenters. The van der Waals surface area contributed by atoms with Crippen LogP contribution in [0.1, 0.15) is 62.3 Å². The minimum atomic E-state index is -2.44. The molecular weight excluding hydrogens is 348 g/mol. The normalized spacial score (nSPS) is 39.5. The molecule has 0 bridgehead atoms. The van der Waals surface area contributed by atoms with Gasteiger partial charge in [-0.3, -0.25) is 0 Å². The van der Waals surface area contributed by atoms with Crippen LogP contribution in [-0.2, 0) is 17.7 Å². The van der Waals surface area contributed by atoms with Crippen LogP contribution in [0.25, 0.3) is 0 Å². The molecule has 0 amide bonds. The first kappa shape index (κ1) is 20.0. The van der Waals surface area contributed by atoms with Gasteiger partial charge in [-0.1, -0.05) is 62.3 Å². The first-order chi connectivity index (χ1) is 11.6.